The minimum absolute atomic E-state index is 0.282. The average Bonchev–Trinajstić information content (AvgIpc) is 1.65. The predicted octanol–water partition coefficient (Wildman–Crippen LogP) is -0.146. The van der Waals surface area contributed by atoms with Gasteiger partial charge in [0, 0.05) is 5.95 Å². The molecule has 2 nitrogen and oxygen atoms in total. The molecule has 0 atom stereocenters. The van der Waals surface area contributed by atoms with E-state index in [2.05, 4.69) is 4.74 Å². The maximum Gasteiger partial charge on any atom is 0.0465 e. The van der Waals surface area contributed by atoms with E-state index in [9.17, 15) is 5.11 Å². The monoisotopic (exact) mass is 87.0 g/mol. The molecule has 0 bridgehead atoms. The van der Waals surface area contributed by atoms with Crippen molar-refractivity contribution in [3.63, 3.8) is 0 Å². The summed E-state index contributed by atoms with van der Waals surface area (Å²) in [5.74, 6) is -0.282. The maximum absolute atomic E-state index is 9.90. The molecule has 0 N–H and O–H groups in total. The molecule has 0 radical (unpaired) electrons. The Morgan fingerprint density at radius 1 is 1.83 bits per heavy atom. The molecule has 0 fully saturated rings. The molecule has 0 aliphatic heterocycles. The Balaban J connectivity index is 3.22. The van der Waals surface area contributed by atoms with Gasteiger partial charge in [-0.05, 0) is 14.0 Å². The smallest absolute Gasteiger partial charge is 0.0465 e. The first kappa shape index (κ1) is 5.34. The van der Waals surface area contributed by atoms with Crippen LogP contribution in [0.3, 0.4) is 0 Å². The van der Waals surface area contributed by atoms with E-state index in [0.717, 1.165) is 0 Å². The first-order valence-corrected chi connectivity index (χ1v) is 1.68. The summed E-state index contributed by atoms with van der Waals surface area (Å²) >= 11 is 0. The van der Waals surface area contributed by atoms with Crippen molar-refractivity contribution >= 4 is 0 Å². The van der Waals surface area contributed by atoms with E-state index in [1.54, 1.807) is 6.92 Å². The van der Waals surface area contributed by atoms with E-state index in [4.69, 9.17) is 0 Å². The number of methoxy groups -OCH3 is 1. The van der Waals surface area contributed by atoms with Crippen LogP contribution in [-0.4, -0.2) is 7.11 Å². The third kappa shape index (κ3) is 1.64. The van der Waals surface area contributed by atoms with Crippen LogP contribution in [0.2, 0.25) is 0 Å². The lowest BCUT2D eigenvalue weighted by Gasteiger charge is -2.04. The third-order valence-corrected chi connectivity index (χ3v) is 0.437. The van der Waals surface area contributed by atoms with E-state index in [1.807, 2.05) is 0 Å². The van der Waals surface area contributed by atoms with Gasteiger partial charge in [0.05, 0.1) is 0 Å². The molecule has 0 saturated heterocycles. The van der Waals surface area contributed by atoms with Crippen LogP contribution in [0.5, 0.6) is 0 Å². The molecule has 0 unspecified atom stereocenters. The highest BCUT2D eigenvalue weighted by molar-refractivity contribution is 4.72. The number of ether oxygens (including phenoxy) is 1. The second-order valence-electron chi connectivity index (χ2n) is 0.812. The Morgan fingerprint density at radius 3 is 2.33 bits per heavy atom. The molecule has 0 aromatic carbocycles. The van der Waals surface area contributed by atoms with Crippen LogP contribution in [0, 0.1) is 0 Å². The van der Waals surface area contributed by atoms with E-state index in [-0.39, 0.29) is 5.95 Å². The van der Waals surface area contributed by atoms with Crippen LogP contribution in [0.25, 0.3) is 0 Å². The topological polar surface area (TPSA) is 32.3 Å². The minimum atomic E-state index is -0.282. The fraction of sp³-hybridized carbons (Fsp3) is 0.500. The Bertz CT molecular complexity index is 56.6. The van der Waals surface area contributed by atoms with Crippen molar-refractivity contribution in [2.45, 2.75) is 6.92 Å². The van der Waals surface area contributed by atoms with Crippen molar-refractivity contribution in [3.8, 4) is 0 Å². The normalized spacial score (nSPS) is 11.3. The molecule has 0 aromatic rings. The van der Waals surface area contributed by atoms with Gasteiger partial charge in [0.25, 0.3) is 0 Å². The number of allylic oxidation sites excluding steroid dienone is 1. The molecule has 2 heteroatoms. The molecule has 0 rings (SSSR count). The lowest BCUT2D eigenvalue weighted by atomic mass is 10.7. The Morgan fingerprint density at radius 2 is 2.33 bits per heavy atom. The van der Waals surface area contributed by atoms with Crippen LogP contribution in [-0.2, 0) is 4.74 Å². The SMILES string of the molecule is CC=C([O-])OC. The third-order valence-electron chi connectivity index (χ3n) is 0.437. The minimum Gasteiger partial charge on any atom is -0.617 e. The van der Waals surface area contributed by atoms with E-state index in [0.29, 0.717) is 0 Å². The van der Waals surface area contributed by atoms with Crippen LogP contribution in [0.15, 0.2) is 12.0 Å². The number of hydrogen-bond donors (Lipinski definition) is 0. The lowest BCUT2D eigenvalue weighted by molar-refractivity contribution is -0.353. The average molecular weight is 87.1 g/mol. The van der Waals surface area contributed by atoms with E-state index >= 15 is 0 Å². The summed E-state index contributed by atoms with van der Waals surface area (Å²) < 4.78 is 4.20. The Kier molecular flexibility index (Phi) is 2.29. The molecule has 0 heterocycles. The van der Waals surface area contributed by atoms with Crippen molar-refractivity contribution in [1.29, 1.82) is 0 Å². The second kappa shape index (κ2) is 2.57. The highest BCUT2D eigenvalue weighted by Crippen LogP contribution is 1.76. The van der Waals surface area contributed by atoms with Crippen LogP contribution >= 0.6 is 0 Å². The van der Waals surface area contributed by atoms with Gasteiger partial charge in [0.1, 0.15) is 0 Å². The molecule has 0 aliphatic carbocycles. The Labute approximate surface area is 37.1 Å². The van der Waals surface area contributed by atoms with Gasteiger partial charge in [0.2, 0.25) is 0 Å². The molecule has 0 spiro atoms. The van der Waals surface area contributed by atoms with Gasteiger partial charge in [0.15, 0.2) is 0 Å². The molecule has 36 valence electrons. The standard InChI is InChI=1S/C4H8O2/c1-3-4(5)6-2/h3,5H,1-2H3/p-1. The van der Waals surface area contributed by atoms with Crippen LogP contribution in [0.1, 0.15) is 6.92 Å². The fourth-order valence-electron chi connectivity index (χ4n) is 0.118. The lowest BCUT2D eigenvalue weighted by Crippen LogP contribution is -2.03. The summed E-state index contributed by atoms with van der Waals surface area (Å²) in [6.45, 7) is 1.63. The summed E-state index contributed by atoms with van der Waals surface area (Å²) in [4.78, 5) is 0. The molecular weight excluding hydrogens is 80.0 g/mol. The number of hydrogen-bond acceptors (Lipinski definition) is 2. The largest absolute Gasteiger partial charge is 0.617 e. The molecule has 0 saturated carbocycles. The summed E-state index contributed by atoms with van der Waals surface area (Å²) in [6.07, 6.45) is 1.36. The van der Waals surface area contributed by atoms with Gasteiger partial charge >= 0.3 is 0 Å². The predicted molar refractivity (Wildman–Crippen MR) is 20.8 cm³/mol. The molecule has 0 amide bonds. The fourth-order valence-corrected chi connectivity index (χ4v) is 0.118. The summed E-state index contributed by atoms with van der Waals surface area (Å²) in [7, 11) is 1.35. The van der Waals surface area contributed by atoms with Crippen molar-refractivity contribution in [2.75, 3.05) is 7.11 Å². The Hall–Kier alpha value is -0.660. The van der Waals surface area contributed by atoms with Crippen molar-refractivity contribution < 1.29 is 9.84 Å². The zero-order chi connectivity index (χ0) is 4.99. The zero-order valence-corrected chi connectivity index (χ0v) is 3.89. The van der Waals surface area contributed by atoms with Crippen LogP contribution in [0.4, 0.5) is 0 Å². The van der Waals surface area contributed by atoms with Gasteiger partial charge in [-0.25, -0.2) is 0 Å². The van der Waals surface area contributed by atoms with Crippen LogP contribution < -0.4 is 5.11 Å². The molecule has 0 aliphatic rings. The zero-order valence-electron chi connectivity index (χ0n) is 3.89. The first-order chi connectivity index (χ1) is 2.81. The molecule has 6 heavy (non-hydrogen) atoms. The summed E-state index contributed by atoms with van der Waals surface area (Å²) in [5, 5.41) is 9.90. The summed E-state index contributed by atoms with van der Waals surface area (Å²) in [5.41, 5.74) is 0. The van der Waals surface area contributed by atoms with Gasteiger partial charge < -0.3 is 9.84 Å². The quantitative estimate of drug-likeness (QED) is 0.417. The number of rotatable bonds is 1. The summed E-state index contributed by atoms with van der Waals surface area (Å²) in [6, 6.07) is 0. The van der Waals surface area contributed by atoms with Crippen molar-refractivity contribution in [2.24, 2.45) is 0 Å². The van der Waals surface area contributed by atoms with E-state index < -0.39 is 0 Å². The van der Waals surface area contributed by atoms with E-state index in [1.165, 1.54) is 13.2 Å². The second-order valence-corrected chi connectivity index (χ2v) is 0.812. The van der Waals surface area contributed by atoms with Gasteiger partial charge in [-0.2, -0.15) is 0 Å². The highest BCUT2D eigenvalue weighted by Gasteiger charge is 1.61. The van der Waals surface area contributed by atoms with Gasteiger partial charge in [-0.1, -0.05) is 6.08 Å². The first-order valence-electron chi connectivity index (χ1n) is 1.68. The van der Waals surface area contributed by atoms with Gasteiger partial charge in [-0.15, -0.1) is 0 Å². The highest BCUT2D eigenvalue weighted by atomic mass is 16.6. The van der Waals surface area contributed by atoms with Crippen molar-refractivity contribution in [3.05, 3.63) is 12.0 Å². The maximum atomic E-state index is 9.90. The molecule has 0 aromatic heterocycles. The van der Waals surface area contributed by atoms with Crippen molar-refractivity contribution in [1.82, 2.24) is 0 Å². The van der Waals surface area contributed by atoms with Gasteiger partial charge in [-0.3, -0.25) is 0 Å². The molecular formula is C4H7O2-.